The second-order valence-electron chi connectivity index (χ2n) is 6.11. The van der Waals surface area contributed by atoms with Gasteiger partial charge in [-0.05, 0) is 38.5 Å². The Morgan fingerprint density at radius 1 is 1.48 bits per heavy atom. The van der Waals surface area contributed by atoms with Crippen LogP contribution in [0.3, 0.4) is 0 Å². The molecule has 0 aromatic rings. The van der Waals surface area contributed by atoms with Gasteiger partial charge in [-0.25, -0.2) is 0 Å². The topological polar surface area (TPSA) is 38.8 Å². The van der Waals surface area contributed by atoms with Crippen molar-refractivity contribution in [3.8, 4) is 0 Å². The van der Waals surface area contributed by atoms with Gasteiger partial charge in [0.2, 0.25) is 5.91 Å². The number of amides is 1. The molecule has 0 radical (unpaired) electrons. The minimum atomic E-state index is -0.00126. The number of ether oxygens (including phenoxy) is 2. The third kappa shape index (κ3) is 3.06. The molecule has 3 atom stereocenters. The predicted molar refractivity (Wildman–Crippen MR) is 81.0 cm³/mol. The fourth-order valence-electron chi connectivity index (χ4n) is 3.76. The molecule has 2 aliphatic carbocycles. The van der Waals surface area contributed by atoms with Gasteiger partial charge in [0.05, 0.1) is 25.4 Å². The molecule has 0 N–H and O–H groups in total. The second kappa shape index (κ2) is 6.75. The van der Waals surface area contributed by atoms with E-state index in [0.717, 1.165) is 37.7 Å². The molecular weight excluding hydrogens is 266 g/mol. The molecule has 2 fully saturated rings. The third-order valence-electron chi connectivity index (χ3n) is 4.79. The summed E-state index contributed by atoms with van der Waals surface area (Å²) in [5, 5.41) is 0. The number of hydrogen-bond acceptors (Lipinski definition) is 3. The number of nitrogens with zero attached hydrogens (tertiary/aromatic N) is 1. The van der Waals surface area contributed by atoms with Gasteiger partial charge in [-0.2, -0.15) is 0 Å². The van der Waals surface area contributed by atoms with E-state index in [-0.39, 0.29) is 24.2 Å². The van der Waals surface area contributed by atoms with Crippen LogP contribution in [0.1, 0.15) is 38.5 Å². The maximum Gasteiger partial charge on any atom is 0.249 e. The van der Waals surface area contributed by atoms with Crippen LogP contribution < -0.4 is 0 Å². The van der Waals surface area contributed by atoms with Crippen LogP contribution in [0.25, 0.3) is 0 Å². The quantitative estimate of drug-likeness (QED) is 0.747. The minimum Gasteiger partial charge on any atom is -0.374 e. The zero-order valence-electron chi connectivity index (χ0n) is 12.6. The lowest BCUT2D eigenvalue weighted by molar-refractivity contribution is -0.131. The molecular formula is C17H25NO3. The van der Waals surface area contributed by atoms with Crippen LogP contribution in [0.4, 0.5) is 0 Å². The van der Waals surface area contributed by atoms with Gasteiger partial charge in [0.1, 0.15) is 6.10 Å². The van der Waals surface area contributed by atoms with Crippen molar-refractivity contribution in [3.05, 3.63) is 24.3 Å². The van der Waals surface area contributed by atoms with Crippen LogP contribution in [-0.4, -0.2) is 48.8 Å². The van der Waals surface area contributed by atoms with Gasteiger partial charge in [0.25, 0.3) is 0 Å². The normalized spacial score (nSPS) is 32.5. The zero-order chi connectivity index (χ0) is 14.7. The monoisotopic (exact) mass is 291 g/mol. The summed E-state index contributed by atoms with van der Waals surface area (Å²) in [7, 11) is 0. The number of fused-ring (bicyclic) bond motifs is 2. The molecule has 3 aliphatic rings. The van der Waals surface area contributed by atoms with Crippen LogP contribution in [-0.2, 0) is 14.3 Å². The molecule has 0 aromatic carbocycles. The molecule has 1 aliphatic heterocycles. The summed E-state index contributed by atoms with van der Waals surface area (Å²) in [5.41, 5.74) is 0.995. The molecule has 3 rings (SSSR count). The summed E-state index contributed by atoms with van der Waals surface area (Å²) in [4.78, 5) is 14.9. The van der Waals surface area contributed by atoms with Crippen molar-refractivity contribution < 1.29 is 14.3 Å². The Bertz CT molecular complexity index is 432. The van der Waals surface area contributed by atoms with E-state index in [9.17, 15) is 4.79 Å². The molecule has 1 amide bonds. The van der Waals surface area contributed by atoms with E-state index < -0.39 is 0 Å². The first-order valence-corrected chi connectivity index (χ1v) is 8.15. The Hall–Kier alpha value is -1.13. The average Bonchev–Trinajstić information content (AvgIpc) is 2.81. The van der Waals surface area contributed by atoms with Crippen LogP contribution in [0, 0.1) is 0 Å². The van der Waals surface area contributed by atoms with E-state index in [4.69, 9.17) is 9.47 Å². The Labute approximate surface area is 126 Å². The second-order valence-corrected chi connectivity index (χ2v) is 6.11. The predicted octanol–water partition coefficient (Wildman–Crippen LogP) is 2.45. The molecule has 1 saturated heterocycles. The Balaban J connectivity index is 1.75. The van der Waals surface area contributed by atoms with E-state index in [2.05, 4.69) is 12.7 Å². The van der Waals surface area contributed by atoms with Crippen molar-refractivity contribution in [2.75, 3.05) is 19.8 Å². The average molecular weight is 291 g/mol. The molecule has 21 heavy (non-hydrogen) atoms. The highest BCUT2D eigenvalue weighted by atomic mass is 16.5. The van der Waals surface area contributed by atoms with Crippen molar-refractivity contribution >= 4 is 5.91 Å². The molecule has 4 nitrogen and oxygen atoms in total. The largest absolute Gasteiger partial charge is 0.374 e. The standard InChI is InChI=1S/C17H25NO3/c1-2-11-21-16-14-8-9-15(16)20-12-10-18(14)17(19)13-6-4-3-5-7-13/h2,6,14-16H,1,3-5,7-12H2/t14-,15-,16+/m1/s1. The molecule has 0 aromatic heterocycles. The summed E-state index contributed by atoms with van der Waals surface area (Å²) >= 11 is 0. The highest BCUT2D eigenvalue weighted by molar-refractivity contribution is 5.93. The highest BCUT2D eigenvalue weighted by Gasteiger charge is 2.44. The molecule has 1 heterocycles. The maximum atomic E-state index is 12.8. The zero-order valence-corrected chi connectivity index (χ0v) is 12.6. The molecule has 0 unspecified atom stereocenters. The minimum absolute atomic E-state index is 0.00126. The van der Waals surface area contributed by atoms with Crippen molar-refractivity contribution in [1.29, 1.82) is 0 Å². The van der Waals surface area contributed by atoms with Gasteiger partial charge >= 0.3 is 0 Å². The van der Waals surface area contributed by atoms with Crippen molar-refractivity contribution in [3.63, 3.8) is 0 Å². The SMILES string of the molecule is C=CCO[C@H]1[C@H]2CC[C@H]1OCCN2C(=O)C1=CCCCC1. The Morgan fingerprint density at radius 2 is 2.38 bits per heavy atom. The molecule has 2 bridgehead atoms. The molecule has 4 heteroatoms. The van der Waals surface area contributed by atoms with E-state index in [1.54, 1.807) is 6.08 Å². The van der Waals surface area contributed by atoms with Crippen LogP contribution in [0.2, 0.25) is 0 Å². The van der Waals surface area contributed by atoms with E-state index >= 15 is 0 Å². The van der Waals surface area contributed by atoms with Gasteiger partial charge in [-0.1, -0.05) is 12.2 Å². The van der Waals surface area contributed by atoms with Gasteiger partial charge in [-0.3, -0.25) is 4.79 Å². The summed E-state index contributed by atoms with van der Waals surface area (Å²) in [6.45, 7) is 5.54. The van der Waals surface area contributed by atoms with E-state index in [0.29, 0.717) is 19.8 Å². The first kappa shape index (κ1) is 14.8. The van der Waals surface area contributed by atoms with Crippen molar-refractivity contribution in [2.45, 2.75) is 56.8 Å². The number of allylic oxidation sites excluding steroid dienone is 1. The lowest BCUT2D eigenvalue weighted by Crippen LogP contribution is -2.47. The summed E-state index contributed by atoms with van der Waals surface area (Å²) in [5.74, 6) is 0.207. The number of carbonyl (C=O) groups excluding carboxylic acids is 1. The Kier molecular flexibility index (Phi) is 4.76. The first-order chi connectivity index (χ1) is 10.3. The Morgan fingerprint density at radius 3 is 3.14 bits per heavy atom. The fraction of sp³-hybridized carbons (Fsp3) is 0.706. The summed E-state index contributed by atoms with van der Waals surface area (Å²) in [6.07, 6.45) is 10.3. The molecule has 1 saturated carbocycles. The molecule has 0 spiro atoms. The van der Waals surface area contributed by atoms with Gasteiger partial charge in [0, 0.05) is 12.1 Å². The van der Waals surface area contributed by atoms with Crippen molar-refractivity contribution in [2.24, 2.45) is 0 Å². The smallest absolute Gasteiger partial charge is 0.249 e. The summed E-state index contributed by atoms with van der Waals surface area (Å²) < 4.78 is 11.8. The number of rotatable bonds is 4. The lowest BCUT2D eigenvalue weighted by Gasteiger charge is -2.32. The lowest BCUT2D eigenvalue weighted by atomic mass is 9.97. The maximum absolute atomic E-state index is 12.8. The van der Waals surface area contributed by atoms with Crippen molar-refractivity contribution in [1.82, 2.24) is 4.90 Å². The number of carbonyl (C=O) groups is 1. The van der Waals surface area contributed by atoms with E-state index in [1.807, 2.05) is 4.90 Å². The van der Waals surface area contributed by atoms with Crippen LogP contribution in [0.15, 0.2) is 24.3 Å². The van der Waals surface area contributed by atoms with Crippen LogP contribution in [0.5, 0.6) is 0 Å². The third-order valence-corrected chi connectivity index (χ3v) is 4.79. The number of hydrogen-bond donors (Lipinski definition) is 0. The van der Waals surface area contributed by atoms with Crippen LogP contribution >= 0.6 is 0 Å². The van der Waals surface area contributed by atoms with Gasteiger partial charge < -0.3 is 14.4 Å². The fourth-order valence-corrected chi connectivity index (χ4v) is 3.76. The van der Waals surface area contributed by atoms with Gasteiger partial charge in [0.15, 0.2) is 0 Å². The molecule has 116 valence electrons. The first-order valence-electron chi connectivity index (χ1n) is 8.15. The highest BCUT2D eigenvalue weighted by Crippen LogP contribution is 2.33. The summed E-state index contributed by atoms with van der Waals surface area (Å²) in [6, 6.07) is 0.160. The van der Waals surface area contributed by atoms with E-state index in [1.165, 1.54) is 6.42 Å². The van der Waals surface area contributed by atoms with Gasteiger partial charge in [-0.15, -0.1) is 6.58 Å².